The van der Waals surface area contributed by atoms with Gasteiger partial charge in [0.25, 0.3) is 0 Å². The van der Waals surface area contributed by atoms with Gasteiger partial charge in [0.15, 0.2) is 0 Å². The van der Waals surface area contributed by atoms with Crippen LogP contribution in [0, 0.1) is 37.5 Å². The zero-order chi connectivity index (χ0) is 16.8. The van der Waals surface area contributed by atoms with Gasteiger partial charge in [-0.3, -0.25) is 0 Å². The Morgan fingerprint density at radius 3 is 1.79 bits per heavy atom. The van der Waals surface area contributed by atoms with Crippen molar-refractivity contribution in [3.63, 3.8) is 0 Å². The molecule has 3 aromatic rings. The van der Waals surface area contributed by atoms with Gasteiger partial charge in [0.05, 0.1) is 10.6 Å². The quantitative estimate of drug-likeness (QED) is 0.466. The first kappa shape index (κ1) is 16.1. The molecule has 0 spiro atoms. The van der Waals surface area contributed by atoms with E-state index < -0.39 is 0 Å². The van der Waals surface area contributed by atoms with Crippen LogP contribution < -0.4 is 0 Å². The second-order valence-electron chi connectivity index (χ2n) is 5.53. The Balaban J connectivity index is 1.96. The van der Waals surface area contributed by atoms with Crippen molar-refractivity contribution in [2.24, 2.45) is 0 Å². The maximum Gasteiger partial charge on any atom is 0.0564 e. The van der Waals surface area contributed by atoms with E-state index in [1.165, 1.54) is 11.1 Å². The van der Waals surface area contributed by atoms with Crippen LogP contribution in [-0.2, 0) is 0 Å². The highest BCUT2D eigenvalue weighted by Gasteiger charge is 2.02. The molecule has 0 radical (unpaired) electrons. The highest BCUT2D eigenvalue weighted by Crippen LogP contribution is 2.25. The van der Waals surface area contributed by atoms with E-state index in [9.17, 15) is 0 Å². The zero-order valence-electron chi connectivity index (χ0n) is 13.8. The molecule has 0 unspecified atom stereocenters. The third kappa shape index (κ3) is 4.14. The molecule has 1 heteroatoms. The van der Waals surface area contributed by atoms with E-state index >= 15 is 0 Å². The summed E-state index contributed by atoms with van der Waals surface area (Å²) in [5.74, 6) is 13.1. The molecule has 3 rings (SSSR count). The highest BCUT2D eigenvalue weighted by molar-refractivity contribution is 7.32. The van der Waals surface area contributed by atoms with E-state index in [1.807, 2.05) is 60.7 Å². The Labute approximate surface area is 145 Å². The number of aryl methyl sites for hydroxylation is 1. The van der Waals surface area contributed by atoms with E-state index in [0.29, 0.717) is 0 Å². The van der Waals surface area contributed by atoms with Gasteiger partial charge >= 0.3 is 0 Å². The minimum Gasteiger partial charge on any atom is -0.0622 e. The fourth-order valence-corrected chi connectivity index (χ4v) is 3.30. The van der Waals surface area contributed by atoms with Crippen molar-refractivity contribution in [3.05, 3.63) is 99.6 Å². The first-order chi connectivity index (χ1) is 11.7. The normalized spacial score (nSPS) is 9.75. The van der Waals surface area contributed by atoms with E-state index in [0.717, 1.165) is 29.9 Å². The molecule has 0 atom stereocenters. The SMILES string of the molecule is Cc1cc(C#Cc2ccccc2)pc(C#Cc2ccccc2)c1C. The average molecular weight is 324 g/mol. The summed E-state index contributed by atoms with van der Waals surface area (Å²) >= 11 is 0. The summed E-state index contributed by atoms with van der Waals surface area (Å²) in [6.07, 6.45) is 0. The lowest BCUT2D eigenvalue weighted by Gasteiger charge is -2.03. The number of hydrogen-bond donors (Lipinski definition) is 0. The lowest BCUT2D eigenvalue weighted by Crippen LogP contribution is -1.86. The molecule has 114 valence electrons. The smallest absolute Gasteiger partial charge is 0.0564 e. The standard InChI is InChI=1S/C23H17P/c1-18-17-22(15-13-20-9-5-3-6-10-20)24-23(19(18)2)16-14-21-11-7-4-8-12-21/h3-12,17H,1-2H3. The van der Waals surface area contributed by atoms with Gasteiger partial charge in [0.1, 0.15) is 0 Å². The molecule has 0 saturated heterocycles. The van der Waals surface area contributed by atoms with Crippen LogP contribution in [0.15, 0.2) is 66.7 Å². The van der Waals surface area contributed by atoms with Gasteiger partial charge in [-0.25, -0.2) is 0 Å². The summed E-state index contributed by atoms with van der Waals surface area (Å²) in [5, 5.41) is 2.23. The fraction of sp³-hybridized carbons (Fsp3) is 0.0870. The molecule has 0 amide bonds. The van der Waals surface area contributed by atoms with Crippen LogP contribution in [0.5, 0.6) is 0 Å². The Kier molecular flexibility index (Phi) is 5.13. The van der Waals surface area contributed by atoms with Crippen molar-refractivity contribution in [3.8, 4) is 23.7 Å². The Hall–Kier alpha value is -2.79. The maximum atomic E-state index is 3.33. The topological polar surface area (TPSA) is 0 Å². The molecule has 0 saturated carbocycles. The van der Waals surface area contributed by atoms with Crippen molar-refractivity contribution in [1.29, 1.82) is 0 Å². The summed E-state index contributed by atoms with van der Waals surface area (Å²) in [6, 6.07) is 22.3. The molecule has 0 aliphatic carbocycles. The van der Waals surface area contributed by atoms with Crippen LogP contribution in [0.3, 0.4) is 0 Å². The monoisotopic (exact) mass is 324 g/mol. The summed E-state index contributed by atoms with van der Waals surface area (Å²) < 4.78 is 0. The van der Waals surface area contributed by atoms with Gasteiger partial charge in [-0.05, 0) is 63.5 Å². The van der Waals surface area contributed by atoms with Crippen LogP contribution in [0.25, 0.3) is 0 Å². The van der Waals surface area contributed by atoms with Crippen molar-refractivity contribution < 1.29 is 0 Å². The first-order valence-electron chi connectivity index (χ1n) is 7.85. The van der Waals surface area contributed by atoms with Crippen molar-refractivity contribution in [1.82, 2.24) is 0 Å². The second kappa shape index (κ2) is 7.66. The summed E-state index contributed by atoms with van der Waals surface area (Å²) in [4.78, 5) is 0. The molecule has 1 aromatic heterocycles. The van der Waals surface area contributed by atoms with Crippen LogP contribution >= 0.6 is 8.19 Å². The van der Waals surface area contributed by atoms with Crippen molar-refractivity contribution >= 4 is 8.19 Å². The molecular formula is C23H17P. The number of benzene rings is 2. The summed E-state index contributed by atoms with van der Waals surface area (Å²) in [7, 11) is 1.09. The molecular weight excluding hydrogens is 307 g/mol. The molecule has 1 heterocycles. The largest absolute Gasteiger partial charge is 0.0622 e. The molecule has 0 N–H and O–H groups in total. The van der Waals surface area contributed by atoms with Crippen LogP contribution in [0.4, 0.5) is 0 Å². The lowest BCUT2D eigenvalue weighted by molar-refractivity contribution is 1.36. The third-order valence-corrected chi connectivity index (χ3v) is 4.89. The molecule has 2 aromatic carbocycles. The second-order valence-corrected chi connectivity index (χ2v) is 6.68. The van der Waals surface area contributed by atoms with Gasteiger partial charge in [-0.2, -0.15) is 0 Å². The fourth-order valence-electron chi connectivity index (χ4n) is 2.23. The zero-order valence-corrected chi connectivity index (χ0v) is 14.7. The predicted molar refractivity (Wildman–Crippen MR) is 103 cm³/mol. The molecule has 0 nitrogen and oxygen atoms in total. The highest BCUT2D eigenvalue weighted by atomic mass is 31.0. The lowest BCUT2D eigenvalue weighted by atomic mass is 10.1. The average Bonchev–Trinajstić information content (AvgIpc) is 2.63. The van der Waals surface area contributed by atoms with Crippen LogP contribution in [0.1, 0.15) is 32.8 Å². The van der Waals surface area contributed by atoms with Gasteiger partial charge in [-0.1, -0.05) is 60.1 Å². The Bertz CT molecular complexity index is 963. The third-order valence-electron chi connectivity index (χ3n) is 3.74. The summed E-state index contributed by atoms with van der Waals surface area (Å²) in [6.45, 7) is 4.26. The molecule has 24 heavy (non-hydrogen) atoms. The van der Waals surface area contributed by atoms with Gasteiger partial charge in [0.2, 0.25) is 0 Å². The summed E-state index contributed by atoms with van der Waals surface area (Å²) in [5.41, 5.74) is 4.57. The maximum absolute atomic E-state index is 3.33. The number of rotatable bonds is 0. The Morgan fingerprint density at radius 1 is 0.667 bits per heavy atom. The molecule has 0 aliphatic heterocycles. The first-order valence-corrected chi connectivity index (χ1v) is 8.74. The predicted octanol–water partition coefficient (Wildman–Crippen LogP) is 5.68. The molecule has 0 aliphatic rings. The van der Waals surface area contributed by atoms with E-state index in [2.05, 4.69) is 43.6 Å². The number of hydrogen-bond acceptors (Lipinski definition) is 0. The van der Waals surface area contributed by atoms with Gasteiger partial charge in [0, 0.05) is 11.1 Å². The minimum atomic E-state index is 1.04. The van der Waals surface area contributed by atoms with Gasteiger partial charge in [-0.15, -0.1) is 0 Å². The molecule has 0 fully saturated rings. The minimum absolute atomic E-state index is 1.04. The van der Waals surface area contributed by atoms with Crippen LogP contribution in [-0.4, -0.2) is 0 Å². The van der Waals surface area contributed by atoms with E-state index in [-0.39, 0.29) is 0 Å². The van der Waals surface area contributed by atoms with E-state index in [4.69, 9.17) is 0 Å². The van der Waals surface area contributed by atoms with Gasteiger partial charge < -0.3 is 0 Å². The van der Waals surface area contributed by atoms with E-state index in [1.54, 1.807) is 0 Å². The Morgan fingerprint density at radius 2 is 1.21 bits per heavy atom. The van der Waals surface area contributed by atoms with Crippen molar-refractivity contribution in [2.45, 2.75) is 13.8 Å². The molecule has 0 bridgehead atoms. The van der Waals surface area contributed by atoms with Crippen LogP contribution in [0.2, 0.25) is 0 Å². The van der Waals surface area contributed by atoms with Crippen molar-refractivity contribution in [2.75, 3.05) is 0 Å².